The number of ether oxygens (including phenoxy) is 1. The molecule has 0 aliphatic rings. The lowest BCUT2D eigenvalue weighted by Crippen LogP contribution is -2.39. The number of carbonyl (C=O) groups is 1. The van der Waals surface area contributed by atoms with Crippen molar-refractivity contribution in [2.75, 3.05) is 20.7 Å². The van der Waals surface area contributed by atoms with Gasteiger partial charge in [0, 0.05) is 7.05 Å². The molecule has 0 aliphatic heterocycles. The molecular weight excluding hydrogens is 371 g/mol. The molecule has 1 atom stereocenters. The molecular formula is C19H23FN2O4S. The van der Waals surface area contributed by atoms with Crippen LogP contribution in [0.5, 0.6) is 5.75 Å². The Hall–Kier alpha value is -2.45. The Bertz CT molecular complexity index is 914. The SMILES string of the molecule is COc1ccc(C(C)NC(=O)CN(C)S(=O)(=O)c2ccc(C)cc2)cc1F. The van der Waals surface area contributed by atoms with Crippen molar-refractivity contribution in [3.05, 3.63) is 59.4 Å². The average molecular weight is 394 g/mol. The summed E-state index contributed by atoms with van der Waals surface area (Å²) in [5, 5.41) is 2.67. The molecule has 0 spiro atoms. The molecule has 0 aliphatic carbocycles. The van der Waals surface area contributed by atoms with Crippen LogP contribution < -0.4 is 10.1 Å². The van der Waals surface area contributed by atoms with Crippen LogP contribution >= 0.6 is 0 Å². The lowest BCUT2D eigenvalue weighted by atomic mass is 10.1. The summed E-state index contributed by atoms with van der Waals surface area (Å²) in [7, 11) is -1.06. The van der Waals surface area contributed by atoms with Gasteiger partial charge in [0.1, 0.15) is 0 Å². The van der Waals surface area contributed by atoms with Crippen molar-refractivity contribution in [2.45, 2.75) is 24.8 Å². The number of sulfonamides is 1. The lowest BCUT2D eigenvalue weighted by molar-refractivity contribution is -0.121. The molecule has 1 amide bonds. The van der Waals surface area contributed by atoms with Crippen molar-refractivity contribution in [3.63, 3.8) is 0 Å². The van der Waals surface area contributed by atoms with Crippen LogP contribution in [0.15, 0.2) is 47.4 Å². The third-order valence-corrected chi connectivity index (χ3v) is 5.97. The maximum absolute atomic E-state index is 13.8. The topological polar surface area (TPSA) is 75.7 Å². The first-order valence-electron chi connectivity index (χ1n) is 8.31. The number of methoxy groups -OCH3 is 1. The Morgan fingerprint density at radius 1 is 1.22 bits per heavy atom. The van der Waals surface area contributed by atoms with E-state index in [2.05, 4.69) is 5.32 Å². The van der Waals surface area contributed by atoms with E-state index in [0.717, 1.165) is 9.87 Å². The second-order valence-corrected chi connectivity index (χ2v) is 8.30. The average Bonchev–Trinajstić information content (AvgIpc) is 2.61. The molecule has 1 unspecified atom stereocenters. The van der Waals surface area contributed by atoms with E-state index in [4.69, 9.17) is 4.74 Å². The summed E-state index contributed by atoms with van der Waals surface area (Å²) >= 11 is 0. The van der Waals surface area contributed by atoms with Crippen LogP contribution in [0.25, 0.3) is 0 Å². The number of rotatable bonds is 7. The van der Waals surface area contributed by atoms with Gasteiger partial charge >= 0.3 is 0 Å². The predicted octanol–water partition coefficient (Wildman–Crippen LogP) is 2.64. The first-order chi connectivity index (χ1) is 12.6. The van der Waals surface area contributed by atoms with E-state index in [1.54, 1.807) is 25.1 Å². The highest BCUT2D eigenvalue weighted by Gasteiger charge is 2.23. The minimum absolute atomic E-state index is 0.112. The molecule has 146 valence electrons. The van der Waals surface area contributed by atoms with Crippen LogP contribution in [-0.4, -0.2) is 39.3 Å². The first kappa shape index (κ1) is 20.9. The fourth-order valence-electron chi connectivity index (χ4n) is 2.50. The third kappa shape index (κ3) is 5.05. The summed E-state index contributed by atoms with van der Waals surface area (Å²) in [5.74, 6) is -0.909. The Labute approximate surface area is 159 Å². The molecule has 6 nitrogen and oxygen atoms in total. The second kappa shape index (κ2) is 8.49. The number of hydrogen-bond acceptors (Lipinski definition) is 4. The number of aryl methyl sites for hydroxylation is 1. The van der Waals surface area contributed by atoms with Gasteiger partial charge in [-0.05, 0) is 43.7 Å². The largest absolute Gasteiger partial charge is 0.494 e. The van der Waals surface area contributed by atoms with Gasteiger partial charge in [0.15, 0.2) is 11.6 Å². The van der Waals surface area contributed by atoms with E-state index in [-0.39, 0.29) is 17.2 Å². The predicted molar refractivity (Wildman–Crippen MR) is 101 cm³/mol. The molecule has 0 saturated heterocycles. The zero-order chi connectivity index (χ0) is 20.2. The standard InChI is InChI=1S/C19H23FN2O4S/c1-13-5-8-16(9-6-13)27(24,25)22(3)12-19(23)21-14(2)15-7-10-18(26-4)17(20)11-15/h5-11,14H,12H2,1-4H3,(H,21,23). The minimum Gasteiger partial charge on any atom is -0.494 e. The quantitative estimate of drug-likeness (QED) is 0.783. The molecule has 0 saturated carbocycles. The van der Waals surface area contributed by atoms with Gasteiger partial charge in [0.05, 0.1) is 24.6 Å². The fraction of sp³-hybridized carbons (Fsp3) is 0.316. The summed E-state index contributed by atoms with van der Waals surface area (Å²) in [6.45, 7) is 3.20. The van der Waals surface area contributed by atoms with Crippen molar-refractivity contribution in [1.82, 2.24) is 9.62 Å². The maximum Gasteiger partial charge on any atom is 0.243 e. The van der Waals surface area contributed by atoms with Crippen LogP contribution in [0.3, 0.4) is 0 Å². The molecule has 1 N–H and O–H groups in total. The van der Waals surface area contributed by atoms with Gasteiger partial charge in [-0.15, -0.1) is 0 Å². The zero-order valence-corrected chi connectivity index (χ0v) is 16.5. The summed E-state index contributed by atoms with van der Waals surface area (Å²) in [6.07, 6.45) is 0. The van der Waals surface area contributed by atoms with Crippen LogP contribution in [-0.2, 0) is 14.8 Å². The van der Waals surface area contributed by atoms with E-state index in [9.17, 15) is 17.6 Å². The Morgan fingerprint density at radius 3 is 2.41 bits per heavy atom. The summed E-state index contributed by atoms with van der Waals surface area (Å²) < 4.78 is 44.7. The molecule has 0 heterocycles. The highest BCUT2D eigenvalue weighted by Crippen LogP contribution is 2.22. The smallest absolute Gasteiger partial charge is 0.243 e. The maximum atomic E-state index is 13.8. The number of carbonyl (C=O) groups excluding carboxylic acids is 1. The van der Waals surface area contributed by atoms with E-state index in [1.807, 2.05) is 6.92 Å². The first-order valence-corrected chi connectivity index (χ1v) is 9.75. The highest BCUT2D eigenvalue weighted by molar-refractivity contribution is 7.89. The highest BCUT2D eigenvalue weighted by atomic mass is 32.2. The normalized spacial score (nSPS) is 12.7. The number of amides is 1. The molecule has 0 radical (unpaired) electrons. The van der Waals surface area contributed by atoms with Crippen molar-refractivity contribution in [3.8, 4) is 5.75 Å². The van der Waals surface area contributed by atoms with Gasteiger partial charge in [-0.25, -0.2) is 12.8 Å². The molecule has 0 fully saturated rings. The van der Waals surface area contributed by atoms with Gasteiger partial charge in [-0.2, -0.15) is 4.31 Å². The number of nitrogens with one attached hydrogen (secondary N) is 1. The monoisotopic (exact) mass is 394 g/mol. The molecule has 0 aromatic heterocycles. The van der Waals surface area contributed by atoms with Crippen molar-refractivity contribution >= 4 is 15.9 Å². The van der Waals surface area contributed by atoms with Crippen molar-refractivity contribution < 1.29 is 22.3 Å². The molecule has 2 aromatic carbocycles. The van der Waals surface area contributed by atoms with Gasteiger partial charge < -0.3 is 10.1 Å². The van der Waals surface area contributed by atoms with E-state index >= 15 is 0 Å². The second-order valence-electron chi connectivity index (χ2n) is 6.26. The van der Waals surface area contributed by atoms with Crippen LogP contribution in [0, 0.1) is 12.7 Å². The summed E-state index contributed by atoms with van der Waals surface area (Å²) in [5.41, 5.74) is 1.49. The van der Waals surface area contributed by atoms with Gasteiger partial charge in [0.2, 0.25) is 15.9 Å². The van der Waals surface area contributed by atoms with Gasteiger partial charge in [-0.3, -0.25) is 4.79 Å². The lowest BCUT2D eigenvalue weighted by Gasteiger charge is -2.20. The molecule has 8 heteroatoms. The summed E-state index contributed by atoms with van der Waals surface area (Å²) in [6, 6.07) is 10.3. The van der Waals surface area contributed by atoms with Gasteiger partial charge in [0.25, 0.3) is 0 Å². The van der Waals surface area contributed by atoms with Crippen LogP contribution in [0.1, 0.15) is 24.1 Å². The van der Waals surface area contributed by atoms with Crippen molar-refractivity contribution in [1.29, 1.82) is 0 Å². The van der Waals surface area contributed by atoms with Crippen LogP contribution in [0.2, 0.25) is 0 Å². The number of benzene rings is 2. The molecule has 2 rings (SSSR count). The van der Waals surface area contributed by atoms with Gasteiger partial charge in [-0.1, -0.05) is 23.8 Å². The third-order valence-electron chi connectivity index (χ3n) is 4.15. The zero-order valence-electron chi connectivity index (χ0n) is 15.7. The minimum atomic E-state index is -3.77. The Kier molecular flexibility index (Phi) is 6.56. The van der Waals surface area contributed by atoms with Crippen LogP contribution in [0.4, 0.5) is 4.39 Å². The number of nitrogens with zero attached hydrogens (tertiary/aromatic N) is 1. The Morgan fingerprint density at radius 2 is 1.85 bits per heavy atom. The van der Waals surface area contributed by atoms with E-state index in [1.165, 1.54) is 38.4 Å². The molecule has 0 bridgehead atoms. The molecule has 27 heavy (non-hydrogen) atoms. The number of halogens is 1. The number of hydrogen-bond donors (Lipinski definition) is 1. The number of likely N-dealkylation sites (N-methyl/N-ethyl adjacent to an activating group) is 1. The fourth-order valence-corrected chi connectivity index (χ4v) is 3.63. The molecule has 2 aromatic rings. The Balaban J connectivity index is 2.03. The van der Waals surface area contributed by atoms with Crippen molar-refractivity contribution in [2.24, 2.45) is 0 Å². The van der Waals surface area contributed by atoms with E-state index < -0.39 is 27.8 Å². The summed E-state index contributed by atoms with van der Waals surface area (Å²) in [4.78, 5) is 12.4. The van der Waals surface area contributed by atoms with E-state index in [0.29, 0.717) is 5.56 Å².